The molecular formula is C21H19ClN2O3. The zero-order valence-electron chi connectivity index (χ0n) is 14.7. The third-order valence-corrected chi connectivity index (χ3v) is 4.81. The van der Waals surface area contributed by atoms with Gasteiger partial charge < -0.3 is 14.4 Å². The van der Waals surface area contributed by atoms with Crippen molar-refractivity contribution in [2.75, 3.05) is 19.7 Å². The van der Waals surface area contributed by atoms with Crippen LogP contribution in [-0.2, 0) is 4.79 Å². The fourth-order valence-electron chi connectivity index (χ4n) is 3.17. The first-order valence-corrected chi connectivity index (χ1v) is 9.23. The van der Waals surface area contributed by atoms with Gasteiger partial charge in [0.2, 0.25) is 0 Å². The number of carbonyl (C=O) groups is 1. The highest BCUT2D eigenvalue weighted by Crippen LogP contribution is 2.26. The normalized spacial score (nSPS) is 16.5. The minimum absolute atomic E-state index is 0.00414. The Morgan fingerprint density at radius 2 is 1.96 bits per heavy atom. The van der Waals surface area contributed by atoms with Crippen LogP contribution in [0.1, 0.15) is 6.42 Å². The Labute approximate surface area is 162 Å². The lowest BCUT2D eigenvalue weighted by Crippen LogP contribution is -2.34. The lowest BCUT2D eigenvalue weighted by atomic mass is 10.2. The van der Waals surface area contributed by atoms with Crippen molar-refractivity contribution in [3.8, 4) is 11.5 Å². The fraction of sp³-hybridized carbons (Fsp3) is 0.238. The molecule has 3 aromatic rings. The molecular weight excluding hydrogens is 364 g/mol. The average Bonchev–Trinajstić information content (AvgIpc) is 3.16. The number of aromatic nitrogens is 1. The van der Waals surface area contributed by atoms with Gasteiger partial charge in [0.1, 0.15) is 23.1 Å². The summed E-state index contributed by atoms with van der Waals surface area (Å²) >= 11 is 5.85. The topological polar surface area (TPSA) is 51.7 Å². The van der Waals surface area contributed by atoms with Crippen molar-refractivity contribution >= 4 is 28.4 Å². The minimum Gasteiger partial charge on any atom is -0.486 e. The average molecular weight is 383 g/mol. The smallest absolute Gasteiger partial charge is 0.260 e. The Hall–Kier alpha value is -2.79. The highest BCUT2D eigenvalue weighted by molar-refractivity contribution is 6.30. The number of ether oxygens (including phenoxy) is 2. The van der Waals surface area contributed by atoms with E-state index < -0.39 is 0 Å². The molecule has 138 valence electrons. The molecule has 27 heavy (non-hydrogen) atoms. The standard InChI is InChI=1S/C21H19ClN2O3/c22-16-6-8-17(9-7-16)26-14-20(25)24-12-10-18(13-24)27-19-5-1-3-15-4-2-11-23-21(15)19/h1-9,11,18H,10,12-14H2. The van der Waals surface area contributed by atoms with E-state index in [1.165, 1.54) is 0 Å². The molecule has 1 fully saturated rings. The van der Waals surface area contributed by atoms with E-state index in [1.54, 1.807) is 35.4 Å². The predicted molar refractivity (Wildman–Crippen MR) is 104 cm³/mol. The van der Waals surface area contributed by atoms with Gasteiger partial charge in [-0.1, -0.05) is 29.8 Å². The maximum atomic E-state index is 12.4. The van der Waals surface area contributed by atoms with Crippen molar-refractivity contribution in [3.63, 3.8) is 0 Å². The highest BCUT2D eigenvalue weighted by Gasteiger charge is 2.28. The van der Waals surface area contributed by atoms with Crippen LogP contribution in [0.3, 0.4) is 0 Å². The SMILES string of the molecule is O=C(COc1ccc(Cl)cc1)N1CCC(Oc2cccc3cccnc23)C1. The van der Waals surface area contributed by atoms with Crippen molar-refractivity contribution in [1.82, 2.24) is 9.88 Å². The number of hydrogen-bond acceptors (Lipinski definition) is 4. The summed E-state index contributed by atoms with van der Waals surface area (Å²) in [5.41, 5.74) is 0.843. The van der Waals surface area contributed by atoms with Crippen LogP contribution in [0.5, 0.6) is 11.5 Å². The van der Waals surface area contributed by atoms with Gasteiger partial charge in [-0.15, -0.1) is 0 Å². The zero-order chi connectivity index (χ0) is 18.6. The van der Waals surface area contributed by atoms with Crippen LogP contribution in [0.4, 0.5) is 0 Å². The molecule has 1 aromatic heterocycles. The Bertz CT molecular complexity index is 940. The summed E-state index contributed by atoms with van der Waals surface area (Å²) in [6.45, 7) is 1.21. The second-order valence-electron chi connectivity index (χ2n) is 6.44. The van der Waals surface area contributed by atoms with E-state index in [-0.39, 0.29) is 18.6 Å². The summed E-state index contributed by atoms with van der Waals surface area (Å²) in [5, 5.41) is 1.67. The van der Waals surface area contributed by atoms with Gasteiger partial charge in [-0.25, -0.2) is 0 Å². The monoisotopic (exact) mass is 382 g/mol. The van der Waals surface area contributed by atoms with Gasteiger partial charge in [0.05, 0.1) is 6.54 Å². The summed E-state index contributed by atoms with van der Waals surface area (Å²) in [5.74, 6) is 1.33. The number of benzene rings is 2. The summed E-state index contributed by atoms with van der Waals surface area (Å²) in [6, 6.07) is 16.8. The maximum Gasteiger partial charge on any atom is 0.260 e. The second-order valence-corrected chi connectivity index (χ2v) is 6.88. The Kier molecular flexibility index (Phi) is 5.12. The van der Waals surface area contributed by atoms with Gasteiger partial charge >= 0.3 is 0 Å². The number of amides is 1. The fourth-order valence-corrected chi connectivity index (χ4v) is 3.29. The largest absolute Gasteiger partial charge is 0.486 e. The lowest BCUT2D eigenvalue weighted by Gasteiger charge is -2.18. The van der Waals surface area contributed by atoms with Gasteiger partial charge in [-0.3, -0.25) is 9.78 Å². The first-order valence-electron chi connectivity index (χ1n) is 8.85. The van der Waals surface area contributed by atoms with Crippen LogP contribution in [0.15, 0.2) is 60.8 Å². The first-order chi connectivity index (χ1) is 13.2. The third kappa shape index (κ3) is 4.14. The molecule has 1 aliphatic rings. The van der Waals surface area contributed by atoms with E-state index in [9.17, 15) is 4.79 Å². The molecule has 0 spiro atoms. The summed E-state index contributed by atoms with van der Waals surface area (Å²) in [4.78, 5) is 18.6. The molecule has 1 unspecified atom stereocenters. The molecule has 4 rings (SSSR count). The molecule has 1 aliphatic heterocycles. The van der Waals surface area contributed by atoms with E-state index >= 15 is 0 Å². The zero-order valence-corrected chi connectivity index (χ0v) is 15.4. The molecule has 0 N–H and O–H groups in total. The number of nitrogens with zero attached hydrogens (tertiary/aromatic N) is 2. The summed E-state index contributed by atoms with van der Waals surface area (Å²) in [7, 11) is 0. The summed E-state index contributed by atoms with van der Waals surface area (Å²) < 4.78 is 11.7. The van der Waals surface area contributed by atoms with Gasteiger partial charge in [-0.05, 0) is 36.4 Å². The van der Waals surface area contributed by atoms with Gasteiger partial charge in [0.25, 0.3) is 5.91 Å². The van der Waals surface area contributed by atoms with Crippen molar-refractivity contribution in [2.24, 2.45) is 0 Å². The predicted octanol–water partition coefficient (Wildman–Crippen LogP) is 3.95. The molecule has 2 aromatic carbocycles. The number of likely N-dealkylation sites (tertiary alicyclic amines) is 1. The molecule has 1 amide bonds. The number of hydrogen-bond donors (Lipinski definition) is 0. The number of carbonyl (C=O) groups excluding carboxylic acids is 1. The maximum absolute atomic E-state index is 12.4. The molecule has 2 heterocycles. The van der Waals surface area contributed by atoms with Crippen LogP contribution in [-0.4, -0.2) is 41.6 Å². The molecule has 0 radical (unpaired) electrons. The van der Waals surface area contributed by atoms with Crippen LogP contribution < -0.4 is 9.47 Å². The van der Waals surface area contributed by atoms with Gasteiger partial charge in [0, 0.05) is 29.6 Å². The molecule has 1 atom stereocenters. The number of pyridine rings is 1. The van der Waals surface area contributed by atoms with Crippen molar-refractivity contribution < 1.29 is 14.3 Å². The van der Waals surface area contributed by atoms with Crippen LogP contribution in [0, 0.1) is 0 Å². The van der Waals surface area contributed by atoms with Gasteiger partial charge in [-0.2, -0.15) is 0 Å². The van der Waals surface area contributed by atoms with E-state index in [1.807, 2.05) is 30.3 Å². The van der Waals surface area contributed by atoms with E-state index in [0.717, 1.165) is 23.1 Å². The lowest BCUT2D eigenvalue weighted by molar-refractivity contribution is -0.132. The molecule has 0 aliphatic carbocycles. The first kappa shape index (κ1) is 17.6. The molecule has 0 bridgehead atoms. The Balaban J connectivity index is 1.34. The van der Waals surface area contributed by atoms with Gasteiger partial charge in [0.15, 0.2) is 6.61 Å². The highest BCUT2D eigenvalue weighted by atomic mass is 35.5. The molecule has 1 saturated heterocycles. The molecule has 5 nitrogen and oxygen atoms in total. The third-order valence-electron chi connectivity index (χ3n) is 4.56. The van der Waals surface area contributed by atoms with Crippen molar-refractivity contribution in [1.29, 1.82) is 0 Å². The van der Waals surface area contributed by atoms with Crippen LogP contribution in [0.25, 0.3) is 10.9 Å². The Morgan fingerprint density at radius 1 is 1.15 bits per heavy atom. The Morgan fingerprint density at radius 3 is 2.81 bits per heavy atom. The minimum atomic E-state index is -0.0490. The van der Waals surface area contributed by atoms with E-state index in [2.05, 4.69) is 4.98 Å². The number of fused-ring (bicyclic) bond motifs is 1. The van der Waals surface area contributed by atoms with E-state index in [4.69, 9.17) is 21.1 Å². The van der Waals surface area contributed by atoms with Crippen LogP contribution in [0.2, 0.25) is 5.02 Å². The van der Waals surface area contributed by atoms with Crippen LogP contribution >= 0.6 is 11.6 Å². The quantitative estimate of drug-likeness (QED) is 0.670. The number of para-hydroxylation sites is 1. The molecule has 0 saturated carbocycles. The molecule has 6 heteroatoms. The summed E-state index contributed by atoms with van der Waals surface area (Å²) in [6.07, 6.45) is 2.50. The number of halogens is 1. The van der Waals surface area contributed by atoms with E-state index in [0.29, 0.717) is 23.9 Å². The second kappa shape index (κ2) is 7.84. The number of rotatable bonds is 5. The van der Waals surface area contributed by atoms with Crippen molar-refractivity contribution in [2.45, 2.75) is 12.5 Å². The van der Waals surface area contributed by atoms with Crippen molar-refractivity contribution in [3.05, 3.63) is 65.8 Å².